The Morgan fingerprint density at radius 1 is 1.38 bits per heavy atom. The van der Waals surface area contributed by atoms with Crippen LogP contribution in [0.15, 0.2) is 23.1 Å². The zero-order chi connectivity index (χ0) is 19.1. The monoisotopic (exact) mass is 391 g/mol. The lowest BCUT2D eigenvalue weighted by Gasteiger charge is -2.40. The molecular formula is C15H14ClF4N5O. The Morgan fingerprint density at radius 3 is 2.77 bits per heavy atom. The number of aromatic amines is 1. The summed E-state index contributed by atoms with van der Waals surface area (Å²) in [4.78, 5) is 23.5. The van der Waals surface area contributed by atoms with E-state index in [9.17, 15) is 22.4 Å². The van der Waals surface area contributed by atoms with E-state index in [2.05, 4.69) is 20.3 Å². The van der Waals surface area contributed by atoms with Crippen molar-refractivity contribution in [1.82, 2.24) is 20.3 Å². The largest absolute Gasteiger partial charge is 0.405 e. The van der Waals surface area contributed by atoms with Crippen LogP contribution in [0.2, 0.25) is 5.02 Å². The molecule has 26 heavy (non-hydrogen) atoms. The standard InChI is InChI=1S/C15H14ClF4N5O/c1-7-5-22-9(15(18,19)20)6-25(7)13-11(16)14(26)24-12(23-13)8-2-3-21-10(17)4-8/h2-4,7,9,22H,5-6H2,1H3,(H,23,24,26)/t7-,9+/m1/s1. The number of rotatable bonds is 2. The molecule has 1 aliphatic rings. The smallest absolute Gasteiger partial charge is 0.349 e. The first kappa shape index (κ1) is 18.6. The Hall–Kier alpha value is -2.20. The summed E-state index contributed by atoms with van der Waals surface area (Å²) >= 11 is 6.01. The van der Waals surface area contributed by atoms with Crippen LogP contribution in [0.25, 0.3) is 11.4 Å². The minimum absolute atomic E-state index is 0.00927. The van der Waals surface area contributed by atoms with Crippen molar-refractivity contribution in [3.8, 4) is 11.4 Å². The van der Waals surface area contributed by atoms with E-state index in [1.54, 1.807) is 6.92 Å². The van der Waals surface area contributed by atoms with Crippen molar-refractivity contribution in [3.63, 3.8) is 0 Å². The van der Waals surface area contributed by atoms with Crippen molar-refractivity contribution >= 4 is 17.4 Å². The van der Waals surface area contributed by atoms with Crippen LogP contribution in [-0.2, 0) is 0 Å². The molecule has 0 unspecified atom stereocenters. The predicted octanol–water partition coefficient (Wildman–Crippen LogP) is 2.35. The highest BCUT2D eigenvalue weighted by molar-refractivity contribution is 6.32. The van der Waals surface area contributed by atoms with E-state index in [0.717, 1.165) is 6.07 Å². The Morgan fingerprint density at radius 2 is 2.12 bits per heavy atom. The van der Waals surface area contributed by atoms with Crippen molar-refractivity contribution in [2.24, 2.45) is 0 Å². The minimum atomic E-state index is -4.46. The van der Waals surface area contributed by atoms with Gasteiger partial charge in [-0.15, -0.1) is 0 Å². The first-order valence-electron chi connectivity index (χ1n) is 7.65. The average Bonchev–Trinajstić information content (AvgIpc) is 2.57. The molecule has 1 fully saturated rings. The topological polar surface area (TPSA) is 73.9 Å². The number of anilines is 1. The molecule has 0 aliphatic carbocycles. The zero-order valence-corrected chi connectivity index (χ0v) is 14.2. The van der Waals surface area contributed by atoms with Gasteiger partial charge in [-0.3, -0.25) is 4.79 Å². The third-order valence-corrected chi connectivity index (χ3v) is 4.42. The maximum Gasteiger partial charge on any atom is 0.405 e. The van der Waals surface area contributed by atoms with E-state index in [0.29, 0.717) is 0 Å². The lowest BCUT2D eigenvalue weighted by molar-refractivity contribution is -0.156. The van der Waals surface area contributed by atoms with Crippen LogP contribution in [0.5, 0.6) is 0 Å². The first-order valence-corrected chi connectivity index (χ1v) is 8.03. The second-order valence-electron chi connectivity index (χ2n) is 5.92. The number of pyridine rings is 1. The number of piperazine rings is 1. The molecular weight excluding hydrogens is 378 g/mol. The van der Waals surface area contributed by atoms with Crippen LogP contribution in [-0.4, -0.2) is 46.3 Å². The number of aromatic nitrogens is 3. The summed E-state index contributed by atoms with van der Waals surface area (Å²) in [5.74, 6) is -0.870. The fourth-order valence-corrected chi connectivity index (χ4v) is 2.90. The molecule has 0 amide bonds. The van der Waals surface area contributed by atoms with Crippen molar-refractivity contribution < 1.29 is 17.6 Å². The minimum Gasteiger partial charge on any atom is -0.349 e. The van der Waals surface area contributed by atoms with Crippen LogP contribution in [0.3, 0.4) is 0 Å². The molecule has 2 N–H and O–H groups in total. The molecule has 0 spiro atoms. The molecule has 140 valence electrons. The quantitative estimate of drug-likeness (QED) is 0.607. The maximum absolute atomic E-state index is 13.3. The van der Waals surface area contributed by atoms with E-state index in [1.807, 2.05) is 0 Å². The van der Waals surface area contributed by atoms with Gasteiger partial charge in [0.1, 0.15) is 16.9 Å². The summed E-state index contributed by atoms with van der Waals surface area (Å²) in [7, 11) is 0. The van der Waals surface area contributed by atoms with E-state index in [1.165, 1.54) is 17.2 Å². The Bertz CT molecular complexity index is 872. The van der Waals surface area contributed by atoms with E-state index < -0.39 is 30.3 Å². The van der Waals surface area contributed by atoms with E-state index in [4.69, 9.17) is 11.6 Å². The second kappa shape index (κ2) is 6.84. The summed E-state index contributed by atoms with van der Waals surface area (Å²) in [6.45, 7) is 1.27. The Labute approximate surface area is 150 Å². The number of halogens is 5. The van der Waals surface area contributed by atoms with Gasteiger partial charge in [-0.05, 0) is 13.0 Å². The summed E-state index contributed by atoms with van der Waals surface area (Å²) < 4.78 is 52.5. The Kier molecular flexibility index (Phi) is 4.89. The molecule has 6 nitrogen and oxygen atoms in total. The van der Waals surface area contributed by atoms with Gasteiger partial charge in [0.25, 0.3) is 5.56 Å². The number of nitrogens with zero attached hydrogens (tertiary/aromatic N) is 3. The highest BCUT2D eigenvalue weighted by Crippen LogP contribution is 2.30. The third kappa shape index (κ3) is 3.65. The third-order valence-electron chi connectivity index (χ3n) is 4.08. The van der Waals surface area contributed by atoms with Gasteiger partial charge in [0, 0.05) is 37.0 Å². The van der Waals surface area contributed by atoms with Gasteiger partial charge in [0.15, 0.2) is 5.82 Å². The predicted molar refractivity (Wildman–Crippen MR) is 87.7 cm³/mol. The van der Waals surface area contributed by atoms with Gasteiger partial charge in [-0.2, -0.15) is 17.6 Å². The average molecular weight is 392 g/mol. The van der Waals surface area contributed by atoms with Crippen molar-refractivity contribution in [1.29, 1.82) is 0 Å². The summed E-state index contributed by atoms with van der Waals surface area (Å²) in [6, 6.07) is 0.300. The molecule has 2 aromatic rings. The number of hydrogen-bond donors (Lipinski definition) is 2. The molecule has 0 saturated carbocycles. The van der Waals surface area contributed by atoms with Crippen LogP contribution in [0, 0.1) is 5.95 Å². The van der Waals surface area contributed by atoms with Crippen LogP contribution in [0.1, 0.15) is 6.92 Å². The lowest BCUT2D eigenvalue weighted by Crippen LogP contribution is -2.61. The van der Waals surface area contributed by atoms with Gasteiger partial charge < -0.3 is 15.2 Å². The number of H-pyrrole nitrogens is 1. The highest BCUT2D eigenvalue weighted by atomic mass is 35.5. The zero-order valence-electron chi connectivity index (χ0n) is 13.4. The SMILES string of the molecule is C[C@@H]1CN[C@H](C(F)(F)F)CN1c1nc(-c2ccnc(F)c2)[nH]c(=O)c1Cl. The van der Waals surface area contributed by atoms with Crippen LogP contribution in [0.4, 0.5) is 23.4 Å². The normalized spacial score (nSPS) is 21.1. The van der Waals surface area contributed by atoms with Gasteiger partial charge in [-0.25, -0.2) is 9.97 Å². The molecule has 3 heterocycles. The van der Waals surface area contributed by atoms with E-state index >= 15 is 0 Å². The molecule has 2 aromatic heterocycles. The first-order chi connectivity index (χ1) is 12.2. The van der Waals surface area contributed by atoms with Crippen LogP contribution < -0.4 is 15.8 Å². The fraction of sp³-hybridized carbons (Fsp3) is 0.400. The maximum atomic E-state index is 13.3. The van der Waals surface area contributed by atoms with E-state index in [-0.39, 0.29) is 34.8 Å². The summed E-state index contributed by atoms with van der Waals surface area (Å²) in [6.07, 6.45) is -3.27. The molecule has 0 bridgehead atoms. The van der Waals surface area contributed by atoms with Gasteiger partial charge >= 0.3 is 6.18 Å². The lowest BCUT2D eigenvalue weighted by atomic mass is 10.1. The van der Waals surface area contributed by atoms with Gasteiger partial charge in [0.05, 0.1) is 0 Å². The highest BCUT2D eigenvalue weighted by Gasteiger charge is 2.44. The summed E-state index contributed by atoms with van der Waals surface area (Å²) in [5.41, 5.74) is -0.499. The fourth-order valence-electron chi connectivity index (χ4n) is 2.70. The van der Waals surface area contributed by atoms with Crippen molar-refractivity contribution in [3.05, 3.63) is 39.7 Å². The summed E-state index contributed by atoms with van der Waals surface area (Å²) in [5, 5.41) is 2.09. The molecule has 0 radical (unpaired) electrons. The molecule has 1 aliphatic heterocycles. The number of hydrogen-bond acceptors (Lipinski definition) is 5. The second-order valence-corrected chi connectivity index (χ2v) is 6.30. The molecule has 11 heteroatoms. The van der Waals surface area contributed by atoms with Crippen molar-refractivity contribution in [2.45, 2.75) is 25.2 Å². The van der Waals surface area contributed by atoms with Crippen LogP contribution >= 0.6 is 11.6 Å². The molecule has 2 atom stereocenters. The Balaban J connectivity index is 2.05. The number of nitrogens with one attached hydrogen (secondary N) is 2. The van der Waals surface area contributed by atoms with Gasteiger partial charge in [-0.1, -0.05) is 11.6 Å². The van der Waals surface area contributed by atoms with Crippen molar-refractivity contribution in [2.75, 3.05) is 18.0 Å². The molecule has 1 saturated heterocycles. The molecule has 3 rings (SSSR count). The number of alkyl halides is 3. The molecule has 0 aromatic carbocycles. The van der Waals surface area contributed by atoms with Gasteiger partial charge in [0.2, 0.25) is 5.95 Å².